The number of aromatic amines is 1. The summed E-state index contributed by atoms with van der Waals surface area (Å²) in [6.45, 7) is 1.00. The molecule has 0 atom stereocenters. The average Bonchev–Trinajstić information content (AvgIpc) is 2.97. The molecule has 25 heavy (non-hydrogen) atoms. The second-order valence-electron chi connectivity index (χ2n) is 5.90. The van der Waals surface area contributed by atoms with Gasteiger partial charge in [0, 0.05) is 43.9 Å². The zero-order valence-electron chi connectivity index (χ0n) is 14.6. The van der Waals surface area contributed by atoms with Gasteiger partial charge in [-0.3, -0.25) is 4.79 Å². The first kappa shape index (κ1) is 19.4. The predicted octanol–water partition coefficient (Wildman–Crippen LogP) is 1.12. The maximum absolute atomic E-state index is 12.1. The Morgan fingerprint density at radius 2 is 2.08 bits per heavy atom. The van der Waals surface area contributed by atoms with Gasteiger partial charge >= 0.3 is 0 Å². The predicted molar refractivity (Wildman–Crippen MR) is 97.9 cm³/mol. The SMILES string of the molecule is COCCCN(CC(=O)NCCc1c[nH]c2ccccc12)S(C)(=O)=O. The van der Waals surface area contributed by atoms with Gasteiger partial charge in [0.15, 0.2) is 0 Å². The van der Waals surface area contributed by atoms with E-state index in [0.29, 0.717) is 26.0 Å². The number of carbonyl (C=O) groups excluding carboxylic acids is 1. The van der Waals surface area contributed by atoms with Crippen molar-refractivity contribution in [3.8, 4) is 0 Å². The van der Waals surface area contributed by atoms with Crippen LogP contribution in [0.1, 0.15) is 12.0 Å². The fourth-order valence-corrected chi connectivity index (χ4v) is 3.45. The van der Waals surface area contributed by atoms with Gasteiger partial charge in [-0.25, -0.2) is 8.42 Å². The van der Waals surface area contributed by atoms with Gasteiger partial charge in [0.05, 0.1) is 12.8 Å². The van der Waals surface area contributed by atoms with Crippen LogP contribution in [0.4, 0.5) is 0 Å². The number of amides is 1. The molecule has 0 bridgehead atoms. The number of aromatic nitrogens is 1. The highest BCUT2D eigenvalue weighted by molar-refractivity contribution is 7.88. The van der Waals surface area contributed by atoms with E-state index in [1.807, 2.05) is 30.5 Å². The molecule has 0 saturated carbocycles. The highest BCUT2D eigenvalue weighted by Crippen LogP contribution is 2.17. The molecule has 2 rings (SSSR count). The number of para-hydroxylation sites is 1. The van der Waals surface area contributed by atoms with Crippen LogP contribution >= 0.6 is 0 Å². The molecule has 1 aromatic heterocycles. The van der Waals surface area contributed by atoms with Gasteiger partial charge in [0.25, 0.3) is 0 Å². The lowest BCUT2D eigenvalue weighted by Crippen LogP contribution is -2.41. The van der Waals surface area contributed by atoms with Gasteiger partial charge in [-0.2, -0.15) is 4.31 Å². The van der Waals surface area contributed by atoms with E-state index in [-0.39, 0.29) is 19.0 Å². The number of methoxy groups -OCH3 is 1. The largest absolute Gasteiger partial charge is 0.385 e. The maximum atomic E-state index is 12.1. The minimum absolute atomic E-state index is 0.170. The molecule has 0 unspecified atom stereocenters. The first-order chi connectivity index (χ1) is 11.9. The summed E-state index contributed by atoms with van der Waals surface area (Å²) < 4.78 is 29.6. The van der Waals surface area contributed by atoms with Crippen molar-refractivity contribution in [2.24, 2.45) is 0 Å². The van der Waals surface area contributed by atoms with E-state index in [9.17, 15) is 13.2 Å². The number of benzene rings is 1. The number of fused-ring (bicyclic) bond motifs is 1. The molecule has 0 aliphatic heterocycles. The van der Waals surface area contributed by atoms with Crippen molar-refractivity contribution in [3.05, 3.63) is 36.0 Å². The molecule has 1 heterocycles. The lowest BCUT2D eigenvalue weighted by Gasteiger charge is -2.19. The fourth-order valence-electron chi connectivity index (χ4n) is 2.64. The number of H-pyrrole nitrogens is 1. The molecular weight excluding hydrogens is 342 g/mol. The highest BCUT2D eigenvalue weighted by Gasteiger charge is 2.19. The van der Waals surface area contributed by atoms with Gasteiger partial charge in [-0.1, -0.05) is 18.2 Å². The van der Waals surface area contributed by atoms with Crippen molar-refractivity contribution in [2.45, 2.75) is 12.8 Å². The number of sulfonamides is 1. The number of carbonyl (C=O) groups is 1. The van der Waals surface area contributed by atoms with Crippen molar-refractivity contribution < 1.29 is 17.9 Å². The Morgan fingerprint density at radius 1 is 1.32 bits per heavy atom. The number of rotatable bonds is 10. The number of nitrogens with zero attached hydrogens (tertiary/aromatic N) is 1. The molecule has 2 aromatic rings. The first-order valence-corrected chi connectivity index (χ1v) is 10.0. The summed E-state index contributed by atoms with van der Waals surface area (Å²) in [4.78, 5) is 15.3. The average molecular weight is 367 g/mol. The Labute approximate surface area is 148 Å². The summed E-state index contributed by atoms with van der Waals surface area (Å²) in [5.74, 6) is -0.303. The Kier molecular flexibility index (Phi) is 6.98. The summed E-state index contributed by atoms with van der Waals surface area (Å²) in [5, 5.41) is 3.92. The van der Waals surface area contributed by atoms with E-state index >= 15 is 0 Å². The van der Waals surface area contributed by atoms with E-state index in [4.69, 9.17) is 4.74 Å². The van der Waals surface area contributed by atoms with Gasteiger partial charge < -0.3 is 15.0 Å². The Bertz CT molecular complexity index is 801. The lowest BCUT2D eigenvalue weighted by atomic mass is 10.1. The lowest BCUT2D eigenvalue weighted by molar-refractivity contribution is -0.121. The first-order valence-electron chi connectivity index (χ1n) is 8.17. The minimum atomic E-state index is -3.43. The number of nitrogens with one attached hydrogen (secondary N) is 2. The Balaban J connectivity index is 1.84. The van der Waals surface area contributed by atoms with Crippen molar-refractivity contribution in [3.63, 3.8) is 0 Å². The molecule has 1 aromatic carbocycles. The zero-order valence-corrected chi connectivity index (χ0v) is 15.4. The molecule has 0 aliphatic rings. The standard InChI is InChI=1S/C17H25N3O4S/c1-24-11-5-10-20(25(2,22)23)13-17(21)18-9-8-14-12-19-16-7-4-3-6-15(14)16/h3-4,6-7,12,19H,5,8-11,13H2,1-2H3,(H,18,21). The van der Waals surface area contributed by atoms with Crippen LogP contribution in [0.25, 0.3) is 10.9 Å². The second-order valence-corrected chi connectivity index (χ2v) is 7.88. The van der Waals surface area contributed by atoms with Crippen LogP contribution in [0.2, 0.25) is 0 Å². The van der Waals surface area contributed by atoms with E-state index < -0.39 is 10.0 Å². The van der Waals surface area contributed by atoms with Crippen LogP contribution in [0.5, 0.6) is 0 Å². The third kappa shape index (κ3) is 5.84. The molecule has 138 valence electrons. The van der Waals surface area contributed by atoms with E-state index in [0.717, 1.165) is 22.7 Å². The normalized spacial score (nSPS) is 12.0. The molecule has 0 aliphatic carbocycles. The molecule has 0 fully saturated rings. The minimum Gasteiger partial charge on any atom is -0.385 e. The molecule has 8 heteroatoms. The van der Waals surface area contributed by atoms with Gasteiger partial charge in [0.1, 0.15) is 0 Å². The van der Waals surface area contributed by atoms with E-state index in [1.54, 1.807) is 7.11 Å². The van der Waals surface area contributed by atoms with Gasteiger partial charge in [-0.05, 0) is 24.5 Å². The van der Waals surface area contributed by atoms with Crippen LogP contribution in [0, 0.1) is 0 Å². The smallest absolute Gasteiger partial charge is 0.235 e. The Hall–Kier alpha value is -1.90. The van der Waals surface area contributed by atoms with E-state index in [2.05, 4.69) is 10.3 Å². The number of ether oxygens (including phenoxy) is 1. The number of hydrogen-bond acceptors (Lipinski definition) is 4. The topological polar surface area (TPSA) is 91.5 Å². The molecule has 7 nitrogen and oxygen atoms in total. The number of hydrogen-bond donors (Lipinski definition) is 2. The summed E-state index contributed by atoms with van der Waals surface area (Å²) in [7, 11) is -1.87. The molecule has 0 radical (unpaired) electrons. The van der Waals surface area contributed by atoms with Crippen LogP contribution in [0.3, 0.4) is 0 Å². The molecule has 0 spiro atoms. The van der Waals surface area contributed by atoms with Crippen LogP contribution < -0.4 is 5.32 Å². The quantitative estimate of drug-likeness (QED) is 0.616. The van der Waals surface area contributed by atoms with Gasteiger partial charge in [-0.15, -0.1) is 0 Å². The van der Waals surface area contributed by atoms with Crippen LogP contribution in [-0.4, -0.2) is 63.2 Å². The van der Waals surface area contributed by atoms with Gasteiger partial charge in [0.2, 0.25) is 15.9 Å². The fraction of sp³-hybridized carbons (Fsp3) is 0.471. The zero-order chi connectivity index (χ0) is 18.3. The molecule has 2 N–H and O–H groups in total. The van der Waals surface area contributed by atoms with E-state index in [1.165, 1.54) is 4.31 Å². The second kappa shape index (κ2) is 8.98. The Morgan fingerprint density at radius 3 is 2.80 bits per heavy atom. The van der Waals surface area contributed by atoms with Crippen molar-refractivity contribution in [1.82, 2.24) is 14.6 Å². The summed E-state index contributed by atoms with van der Waals surface area (Å²) in [6, 6.07) is 7.97. The van der Waals surface area contributed by atoms with Crippen LogP contribution in [0.15, 0.2) is 30.5 Å². The monoisotopic (exact) mass is 367 g/mol. The molecule has 0 saturated heterocycles. The van der Waals surface area contributed by atoms with Crippen molar-refractivity contribution >= 4 is 26.8 Å². The molecule has 1 amide bonds. The maximum Gasteiger partial charge on any atom is 0.235 e. The third-order valence-corrected chi connectivity index (χ3v) is 5.19. The highest BCUT2D eigenvalue weighted by atomic mass is 32.2. The van der Waals surface area contributed by atoms with Crippen molar-refractivity contribution in [1.29, 1.82) is 0 Å². The molecular formula is C17H25N3O4S. The summed E-state index contributed by atoms with van der Waals surface area (Å²) >= 11 is 0. The third-order valence-electron chi connectivity index (χ3n) is 3.94. The van der Waals surface area contributed by atoms with Crippen LogP contribution in [-0.2, 0) is 26.0 Å². The summed E-state index contributed by atoms with van der Waals surface area (Å²) in [5.41, 5.74) is 2.18. The van der Waals surface area contributed by atoms with Crippen molar-refractivity contribution in [2.75, 3.05) is 39.6 Å². The summed E-state index contributed by atoms with van der Waals surface area (Å²) in [6.07, 6.45) is 4.27.